The van der Waals surface area contributed by atoms with Crippen LogP contribution >= 0.6 is 34.5 Å². The Labute approximate surface area is 188 Å². The Morgan fingerprint density at radius 2 is 1.87 bits per heavy atom. The minimum atomic E-state index is -4.62. The van der Waals surface area contributed by atoms with E-state index >= 15 is 0 Å². The van der Waals surface area contributed by atoms with Crippen LogP contribution in [0.25, 0.3) is 10.6 Å². The molecule has 2 aromatic heterocycles. The molecule has 0 fully saturated rings. The van der Waals surface area contributed by atoms with E-state index in [-0.39, 0.29) is 10.7 Å². The number of carbonyl (C=O) groups is 2. The van der Waals surface area contributed by atoms with Gasteiger partial charge in [-0.2, -0.15) is 13.2 Å². The maximum atomic E-state index is 12.6. The number of aryl methyl sites for hydroxylation is 1. The average molecular weight is 490 g/mol. The topological polar surface area (TPSA) is 81.2 Å². The predicted octanol–water partition coefficient (Wildman–Crippen LogP) is 5.63. The molecule has 6 nitrogen and oxygen atoms in total. The summed E-state index contributed by atoms with van der Waals surface area (Å²) in [7, 11) is 0. The summed E-state index contributed by atoms with van der Waals surface area (Å²) in [6, 6.07) is 7.52. The molecule has 0 bridgehead atoms. The molecule has 0 spiro atoms. The molecule has 0 saturated carbocycles. The number of alkyl halides is 3. The summed E-state index contributed by atoms with van der Waals surface area (Å²) in [6.07, 6.45) is -4.08. The Bertz CT molecular complexity index is 1130. The van der Waals surface area contributed by atoms with Crippen LogP contribution in [-0.2, 0) is 15.7 Å². The minimum Gasteiger partial charge on any atom is -0.451 e. The number of benzene rings is 1. The zero-order chi connectivity index (χ0) is 22.8. The van der Waals surface area contributed by atoms with Crippen LogP contribution in [0.3, 0.4) is 0 Å². The molecule has 0 atom stereocenters. The number of pyridine rings is 1. The van der Waals surface area contributed by atoms with Gasteiger partial charge in [0.05, 0.1) is 16.3 Å². The molecule has 12 heteroatoms. The number of carbonyl (C=O) groups excluding carboxylic acids is 2. The van der Waals surface area contributed by atoms with Gasteiger partial charge in [0, 0.05) is 16.8 Å². The second-order valence-corrected chi connectivity index (χ2v) is 7.96. The zero-order valence-corrected chi connectivity index (χ0v) is 17.9. The molecule has 1 aromatic carbocycles. The van der Waals surface area contributed by atoms with Gasteiger partial charge in [0.15, 0.2) is 12.4 Å². The lowest BCUT2D eigenvalue weighted by atomic mass is 10.2. The highest BCUT2D eigenvalue weighted by atomic mass is 35.5. The van der Waals surface area contributed by atoms with Crippen LogP contribution in [0.5, 0.6) is 0 Å². The van der Waals surface area contributed by atoms with E-state index in [0.717, 1.165) is 16.9 Å². The summed E-state index contributed by atoms with van der Waals surface area (Å²) < 4.78 is 42.9. The zero-order valence-electron chi connectivity index (χ0n) is 15.6. The second-order valence-electron chi connectivity index (χ2n) is 6.12. The van der Waals surface area contributed by atoms with Crippen LogP contribution in [0.15, 0.2) is 36.5 Å². The van der Waals surface area contributed by atoms with Gasteiger partial charge in [-0.05, 0) is 25.1 Å². The monoisotopic (exact) mass is 489 g/mol. The molecule has 0 radical (unpaired) electrons. The van der Waals surface area contributed by atoms with Crippen LogP contribution in [0.4, 0.5) is 19.0 Å². The van der Waals surface area contributed by atoms with E-state index in [0.29, 0.717) is 28.0 Å². The fourth-order valence-corrected chi connectivity index (χ4v) is 3.66. The summed E-state index contributed by atoms with van der Waals surface area (Å²) >= 11 is 12.7. The first kappa shape index (κ1) is 23.0. The van der Waals surface area contributed by atoms with Gasteiger partial charge in [0.2, 0.25) is 0 Å². The summed E-state index contributed by atoms with van der Waals surface area (Å²) in [4.78, 5) is 32.3. The molecule has 0 saturated heterocycles. The van der Waals surface area contributed by atoms with Crippen molar-refractivity contribution in [1.29, 1.82) is 0 Å². The van der Waals surface area contributed by atoms with Crippen LogP contribution < -0.4 is 5.32 Å². The van der Waals surface area contributed by atoms with Crippen molar-refractivity contribution in [3.8, 4) is 10.6 Å². The quantitative estimate of drug-likeness (QED) is 0.469. The third-order valence-corrected chi connectivity index (χ3v) is 5.56. The van der Waals surface area contributed by atoms with E-state index < -0.39 is 35.2 Å². The number of halogens is 5. The lowest BCUT2D eigenvalue weighted by Crippen LogP contribution is -2.21. The number of aromatic nitrogens is 2. The van der Waals surface area contributed by atoms with Crippen molar-refractivity contribution in [2.45, 2.75) is 13.1 Å². The fourth-order valence-electron chi connectivity index (χ4n) is 2.35. The predicted molar refractivity (Wildman–Crippen MR) is 110 cm³/mol. The van der Waals surface area contributed by atoms with Gasteiger partial charge in [-0.25, -0.2) is 14.8 Å². The summed E-state index contributed by atoms with van der Waals surface area (Å²) in [5.41, 5.74) is 0.129. The number of thiazole rings is 1. The van der Waals surface area contributed by atoms with Crippen molar-refractivity contribution in [2.75, 3.05) is 11.9 Å². The molecule has 0 unspecified atom stereocenters. The SMILES string of the molecule is Cc1nc(-c2ccc(Cl)cc2)sc1C(=O)OCC(=O)Nc1ncc(C(F)(F)F)cc1Cl. The number of nitrogens with zero attached hydrogens (tertiary/aromatic N) is 2. The third-order valence-electron chi connectivity index (χ3n) is 3.83. The third kappa shape index (κ3) is 5.72. The van der Waals surface area contributed by atoms with Crippen LogP contribution in [0.2, 0.25) is 10.0 Å². The molecular formula is C19H12Cl2F3N3O3S. The summed E-state index contributed by atoms with van der Waals surface area (Å²) in [5.74, 6) is -1.87. The van der Waals surface area contributed by atoms with Gasteiger partial charge in [-0.1, -0.05) is 35.3 Å². The molecule has 1 amide bonds. The van der Waals surface area contributed by atoms with Gasteiger partial charge in [0.25, 0.3) is 5.91 Å². The first-order valence-corrected chi connectivity index (χ1v) is 10.0. The largest absolute Gasteiger partial charge is 0.451 e. The van der Waals surface area contributed by atoms with E-state index in [4.69, 9.17) is 27.9 Å². The van der Waals surface area contributed by atoms with Crippen molar-refractivity contribution in [3.63, 3.8) is 0 Å². The molecule has 0 aliphatic carbocycles. The number of anilines is 1. The Balaban J connectivity index is 1.62. The second kappa shape index (κ2) is 9.21. The van der Waals surface area contributed by atoms with Crippen LogP contribution in [-0.4, -0.2) is 28.5 Å². The lowest BCUT2D eigenvalue weighted by molar-refractivity contribution is -0.137. The number of esters is 1. The van der Waals surface area contributed by atoms with Crippen LogP contribution in [0, 0.1) is 6.92 Å². The van der Waals surface area contributed by atoms with Gasteiger partial charge in [-0.3, -0.25) is 4.79 Å². The molecular weight excluding hydrogens is 478 g/mol. The molecule has 3 rings (SSSR count). The molecule has 0 aliphatic rings. The molecule has 1 N–H and O–H groups in total. The molecule has 31 heavy (non-hydrogen) atoms. The summed E-state index contributed by atoms with van der Waals surface area (Å²) in [6.45, 7) is 0.934. The van der Waals surface area contributed by atoms with Crippen molar-refractivity contribution in [2.24, 2.45) is 0 Å². The maximum absolute atomic E-state index is 12.6. The van der Waals surface area contributed by atoms with Gasteiger partial charge < -0.3 is 10.1 Å². The maximum Gasteiger partial charge on any atom is 0.417 e. The molecule has 3 aromatic rings. The number of ether oxygens (including phenoxy) is 1. The summed E-state index contributed by atoms with van der Waals surface area (Å²) in [5, 5.41) is 2.93. The molecule has 2 heterocycles. The van der Waals surface area contributed by atoms with Gasteiger partial charge in [-0.15, -0.1) is 11.3 Å². The van der Waals surface area contributed by atoms with Crippen molar-refractivity contribution in [1.82, 2.24) is 9.97 Å². The number of nitrogens with one attached hydrogen (secondary N) is 1. The molecule has 162 valence electrons. The highest BCUT2D eigenvalue weighted by molar-refractivity contribution is 7.17. The average Bonchev–Trinajstić information content (AvgIpc) is 3.09. The normalized spacial score (nSPS) is 11.3. The highest BCUT2D eigenvalue weighted by Gasteiger charge is 2.31. The Kier molecular flexibility index (Phi) is 6.83. The van der Waals surface area contributed by atoms with Crippen molar-refractivity contribution >= 4 is 52.2 Å². The van der Waals surface area contributed by atoms with E-state index in [1.807, 2.05) is 0 Å². The fraction of sp³-hybridized carbons (Fsp3) is 0.158. The van der Waals surface area contributed by atoms with E-state index in [9.17, 15) is 22.8 Å². The van der Waals surface area contributed by atoms with Crippen LogP contribution in [0.1, 0.15) is 20.9 Å². The number of hydrogen-bond acceptors (Lipinski definition) is 6. The van der Waals surface area contributed by atoms with E-state index in [1.54, 1.807) is 31.2 Å². The number of hydrogen-bond donors (Lipinski definition) is 1. The Morgan fingerprint density at radius 1 is 1.19 bits per heavy atom. The number of rotatable bonds is 5. The van der Waals surface area contributed by atoms with Gasteiger partial charge in [0.1, 0.15) is 9.88 Å². The standard InChI is InChI=1S/C19H12Cl2F3N3O3S/c1-9-15(31-17(26-9)10-2-4-12(20)5-3-10)18(29)30-8-14(28)27-16-13(21)6-11(7-25-16)19(22,23)24/h2-7H,8H2,1H3,(H,25,27,28). The Morgan fingerprint density at radius 3 is 2.48 bits per heavy atom. The first-order chi connectivity index (χ1) is 14.5. The van der Waals surface area contributed by atoms with Crippen molar-refractivity contribution in [3.05, 3.63) is 62.7 Å². The van der Waals surface area contributed by atoms with E-state index in [2.05, 4.69) is 15.3 Å². The van der Waals surface area contributed by atoms with E-state index in [1.165, 1.54) is 0 Å². The van der Waals surface area contributed by atoms with Crippen molar-refractivity contribution < 1.29 is 27.5 Å². The van der Waals surface area contributed by atoms with Gasteiger partial charge >= 0.3 is 12.1 Å². The first-order valence-electron chi connectivity index (χ1n) is 8.47. The minimum absolute atomic E-state index is 0.212. The smallest absolute Gasteiger partial charge is 0.417 e. The number of amides is 1. The highest BCUT2D eigenvalue weighted by Crippen LogP contribution is 2.32. The molecule has 0 aliphatic heterocycles. The lowest BCUT2D eigenvalue weighted by Gasteiger charge is -2.10. The Hall–Kier alpha value is -2.69.